The van der Waals surface area contributed by atoms with Crippen LogP contribution in [0, 0.1) is 0 Å². The lowest BCUT2D eigenvalue weighted by Gasteiger charge is -2.33. The summed E-state index contributed by atoms with van der Waals surface area (Å²) in [5.41, 5.74) is 2.83. The van der Waals surface area contributed by atoms with Gasteiger partial charge in [0.2, 0.25) is 0 Å². The van der Waals surface area contributed by atoms with E-state index in [0.717, 1.165) is 25.3 Å². The van der Waals surface area contributed by atoms with Crippen LogP contribution >= 0.6 is 0 Å². The molecule has 7 nitrogen and oxygen atoms in total. The van der Waals surface area contributed by atoms with E-state index in [-0.39, 0.29) is 18.1 Å². The summed E-state index contributed by atoms with van der Waals surface area (Å²) in [5.74, 6) is 0.732. The fraction of sp³-hybridized carbons (Fsp3) is 0.500. The molecule has 3 rings (SSSR count). The van der Waals surface area contributed by atoms with Crippen LogP contribution < -0.4 is 10.6 Å². The fourth-order valence-electron chi connectivity index (χ4n) is 3.26. The van der Waals surface area contributed by atoms with Crippen LogP contribution in [0.3, 0.4) is 0 Å². The number of benzene rings is 1. The zero-order chi connectivity index (χ0) is 17.8. The van der Waals surface area contributed by atoms with E-state index in [9.17, 15) is 4.79 Å². The van der Waals surface area contributed by atoms with E-state index in [4.69, 9.17) is 0 Å². The Hall–Kier alpha value is -2.41. The molecule has 2 amide bonds. The Kier molecular flexibility index (Phi) is 5.33. The van der Waals surface area contributed by atoms with Crippen molar-refractivity contribution in [2.45, 2.75) is 38.9 Å². The van der Waals surface area contributed by atoms with Crippen molar-refractivity contribution in [3.63, 3.8) is 0 Å². The number of carbonyl (C=O) groups is 1. The van der Waals surface area contributed by atoms with Crippen molar-refractivity contribution in [2.75, 3.05) is 13.1 Å². The Balaban J connectivity index is 1.47. The molecule has 2 aromatic rings. The standard InChI is InChI=1S/C18H26N6O/c1-13(24-9-8-15-6-4-5-7-16(15)11-24)10-19-18(25)21-14(2)17-22-20-12-23(17)3/h4-7,12-14H,8-11H2,1-3H3,(H2,19,21,25)/t13-,14+/m1/s1. The minimum absolute atomic E-state index is 0.181. The normalized spacial score (nSPS) is 16.8. The monoisotopic (exact) mass is 342 g/mol. The Bertz CT molecular complexity index is 728. The van der Waals surface area contributed by atoms with Crippen molar-refractivity contribution in [3.05, 3.63) is 47.5 Å². The molecule has 1 aliphatic heterocycles. The summed E-state index contributed by atoms with van der Waals surface area (Å²) < 4.78 is 1.80. The second-order valence-corrected chi connectivity index (χ2v) is 6.71. The number of nitrogens with zero attached hydrogens (tertiary/aromatic N) is 4. The number of hydrogen-bond donors (Lipinski definition) is 2. The van der Waals surface area contributed by atoms with Gasteiger partial charge in [0.1, 0.15) is 6.33 Å². The SMILES string of the molecule is C[C@H](NC(=O)NC[C@@H](C)N1CCc2ccccc2C1)c1nncn1C. The van der Waals surface area contributed by atoms with E-state index in [1.54, 1.807) is 10.9 Å². The maximum Gasteiger partial charge on any atom is 0.315 e. The van der Waals surface area contributed by atoms with Crippen LogP contribution in [0.1, 0.15) is 36.8 Å². The van der Waals surface area contributed by atoms with Gasteiger partial charge in [-0.3, -0.25) is 4.90 Å². The van der Waals surface area contributed by atoms with Gasteiger partial charge in [-0.25, -0.2) is 4.79 Å². The quantitative estimate of drug-likeness (QED) is 0.866. The maximum absolute atomic E-state index is 12.1. The highest BCUT2D eigenvalue weighted by Gasteiger charge is 2.21. The lowest BCUT2D eigenvalue weighted by molar-refractivity contribution is 0.184. The summed E-state index contributed by atoms with van der Waals surface area (Å²) in [5, 5.41) is 13.7. The van der Waals surface area contributed by atoms with Crippen molar-refractivity contribution >= 4 is 6.03 Å². The first kappa shape index (κ1) is 17.4. The number of fused-ring (bicyclic) bond motifs is 1. The molecular formula is C18H26N6O. The Labute approximate surface area is 148 Å². The van der Waals surface area contributed by atoms with Crippen LogP contribution in [0.25, 0.3) is 0 Å². The predicted molar refractivity (Wildman–Crippen MR) is 96.0 cm³/mol. The molecule has 1 aromatic carbocycles. The number of nitrogens with one attached hydrogen (secondary N) is 2. The molecule has 1 aliphatic rings. The second-order valence-electron chi connectivity index (χ2n) is 6.71. The summed E-state index contributed by atoms with van der Waals surface area (Å²) in [6.07, 6.45) is 2.69. The third kappa shape index (κ3) is 4.17. The highest BCUT2D eigenvalue weighted by Crippen LogP contribution is 2.19. The fourth-order valence-corrected chi connectivity index (χ4v) is 3.26. The molecule has 0 spiro atoms. The molecule has 0 bridgehead atoms. The molecular weight excluding hydrogens is 316 g/mol. The summed E-state index contributed by atoms with van der Waals surface area (Å²) >= 11 is 0. The highest BCUT2D eigenvalue weighted by atomic mass is 16.2. The number of amides is 2. The number of carbonyl (C=O) groups excluding carboxylic acids is 1. The van der Waals surface area contributed by atoms with Gasteiger partial charge in [-0.2, -0.15) is 0 Å². The molecule has 0 radical (unpaired) electrons. The van der Waals surface area contributed by atoms with Crippen LogP contribution in [0.15, 0.2) is 30.6 Å². The predicted octanol–water partition coefficient (Wildman–Crippen LogP) is 1.62. The third-order valence-corrected chi connectivity index (χ3v) is 4.82. The van der Waals surface area contributed by atoms with E-state index < -0.39 is 0 Å². The van der Waals surface area contributed by atoms with Gasteiger partial charge in [-0.1, -0.05) is 24.3 Å². The van der Waals surface area contributed by atoms with Gasteiger partial charge in [-0.15, -0.1) is 10.2 Å². The topological polar surface area (TPSA) is 75.1 Å². The number of aromatic nitrogens is 3. The lowest BCUT2D eigenvalue weighted by Crippen LogP contribution is -2.47. The first-order valence-corrected chi connectivity index (χ1v) is 8.73. The molecule has 134 valence electrons. The first-order chi connectivity index (χ1) is 12.0. The minimum Gasteiger partial charge on any atom is -0.337 e. The van der Waals surface area contributed by atoms with Crippen molar-refractivity contribution in [3.8, 4) is 0 Å². The lowest BCUT2D eigenvalue weighted by atomic mass is 9.99. The molecule has 7 heteroatoms. The Morgan fingerprint density at radius 2 is 2.04 bits per heavy atom. The minimum atomic E-state index is -0.190. The third-order valence-electron chi connectivity index (χ3n) is 4.82. The molecule has 0 aliphatic carbocycles. The van der Waals surface area contributed by atoms with Crippen molar-refractivity contribution in [1.82, 2.24) is 30.3 Å². The average Bonchev–Trinajstić information content (AvgIpc) is 3.05. The van der Waals surface area contributed by atoms with Crippen LogP contribution in [-0.2, 0) is 20.0 Å². The van der Waals surface area contributed by atoms with Gasteiger partial charge < -0.3 is 15.2 Å². The van der Waals surface area contributed by atoms with Gasteiger partial charge in [0.25, 0.3) is 0 Å². The zero-order valence-corrected chi connectivity index (χ0v) is 15.1. The molecule has 0 unspecified atom stereocenters. The molecule has 0 saturated heterocycles. The number of urea groups is 1. The van der Waals surface area contributed by atoms with Crippen LogP contribution in [-0.4, -0.2) is 44.8 Å². The van der Waals surface area contributed by atoms with Gasteiger partial charge >= 0.3 is 6.03 Å². The molecule has 2 heterocycles. The van der Waals surface area contributed by atoms with E-state index in [1.807, 2.05) is 14.0 Å². The van der Waals surface area contributed by atoms with Crippen LogP contribution in [0.4, 0.5) is 4.79 Å². The van der Waals surface area contributed by atoms with Gasteiger partial charge in [0.15, 0.2) is 5.82 Å². The van der Waals surface area contributed by atoms with Crippen LogP contribution in [0.5, 0.6) is 0 Å². The molecule has 0 saturated carbocycles. The van der Waals surface area contributed by atoms with Gasteiger partial charge in [0.05, 0.1) is 6.04 Å². The molecule has 2 N–H and O–H groups in total. The second kappa shape index (κ2) is 7.65. The van der Waals surface area contributed by atoms with Gasteiger partial charge in [-0.05, 0) is 31.4 Å². The van der Waals surface area contributed by atoms with Crippen LogP contribution in [0.2, 0.25) is 0 Å². The number of hydrogen-bond acceptors (Lipinski definition) is 4. The Morgan fingerprint density at radius 3 is 2.76 bits per heavy atom. The van der Waals surface area contributed by atoms with Crippen molar-refractivity contribution in [2.24, 2.45) is 7.05 Å². The summed E-state index contributed by atoms with van der Waals surface area (Å²) in [6.45, 7) is 6.63. The average molecular weight is 342 g/mol. The smallest absolute Gasteiger partial charge is 0.315 e. The largest absolute Gasteiger partial charge is 0.337 e. The molecule has 25 heavy (non-hydrogen) atoms. The van der Waals surface area contributed by atoms with Crippen molar-refractivity contribution in [1.29, 1.82) is 0 Å². The summed E-state index contributed by atoms with van der Waals surface area (Å²) in [4.78, 5) is 14.6. The summed E-state index contributed by atoms with van der Waals surface area (Å²) in [6, 6.07) is 8.50. The molecule has 0 fully saturated rings. The van der Waals surface area contributed by atoms with E-state index in [0.29, 0.717) is 6.54 Å². The summed E-state index contributed by atoms with van der Waals surface area (Å²) in [7, 11) is 1.86. The molecule has 1 aromatic heterocycles. The number of aryl methyl sites for hydroxylation is 1. The van der Waals surface area contributed by atoms with E-state index >= 15 is 0 Å². The van der Waals surface area contributed by atoms with Crippen molar-refractivity contribution < 1.29 is 4.79 Å². The van der Waals surface area contributed by atoms with E-state index in [1.165, 1.54) is 11.1 Å². The number of rotatable bonds is 5. The maximum atomic E-state index is 12.1. The molecule has 2 atom stereocenters. The highest BCUT2D eigenvalue weighted by molar-refractivity contribution is 5.74. The first-order valence-electron chi connectivity index (χ1n) is 8.73. The van der Waals surface area contributed by atoms with E-state index in [2.05, 4.69) is 56.9 Å². The Morgan fingerprint density at radius 1 is 1.28 bits per heavy atom. The van der Waals surface area contributed by atoms with Gasteiger partial charge in [0, 0.05) is 32.7 Å². The zero-order valence-electron chi connectivity index (χ0n) is 15.1.